The van der Waals surface area contributed by atoms with Gasteiger partial charge in [0.05, 0.1) is 0 Å². The van der Waals surface area contributed by atoms with E-state index in [2.05, 4.69) is 81.5 Å². The summed E-state index contributed by atoms with van der Waals surface area (Å²) in [6.45, 7) is 6.54. The van der Waals surface area contributed by atoms with E-state index in [-0.39, 0.29) is 31.1 Å². The molecule has 1 atom stereocenters. The summed E-state index contributed by atoms with van der Waals surface area (Å²) in [7, 11) is 0. The van der Waals surface area contributed by atoms with E-state index in [0.29, 0.717) is 19.3 Å². The summed E-state index contributed by atoms with van der Waals surface area (Å²) in [6.07, 6.45) is 84.1. The largest absolute Gasteiger partial charge is 0.462 e. The molecule has 0 radical (unpaired) electrons. The van der Waals surface area contributed by atoms with Gasteiger partial charge in [0.2, 0.25) is 0 Å². The monoisotopic (exact) mass is 1080 g/mol. The quantitative estimate of drug-likeness (QED) is 0.0261. The van der Waals surface area contributed by atoms with Crippen molar-refractivity contribution in [2.45, 2.75) is 361 Å². The number of esters is 3. The van der Waals surface area contributed by atoms with Crippen molar-refractivity contribution in [2.75, 3.05) is 13.2 Å². The average Bonchev–Trinajstić information content (AvgIpc) is 3.43. The highest BCUT2D eigenvalue weighted by Crippen LogP contribution is 2.18. The molecule has 0 aromatic rings. The summed E-state index contributed by atoms with van der Waals surface area (Å²) in [5, 5.41) is 0. The van der Waals surface area contributed by atoms with Crippen LogP contribution in [0.2, 0.25) is 0 Å². The molecule has 0 saturated carbocycles. The molecule has 6 nitrogen and oxygen atoms in total. The van der Waals surface area contributed by atoms with Crippen LogP contribution in [-0.2, 0) is 28.6 Å². The van der Waals surface area contributed by atoms with Gasteiger partial charge in [-0.25, -0.2) is 0 Å². The molecular weight excluding hydrogens is 949 g/mol. The Morgan fingerprint density at radius 3 is 0.805 bits per heavy atom. The molecule has 0 N–H and O–H groups in total. The van der Waals surface area contributed by atoms with Gasteiger partial charge < -0.3 is 14.2 Å². The van der Waals surface area contributed by atoms with Crippen molar-refractivity contribution < 1.29 is 28.6 Å². The van der Waals surface area contributed by atoms with Gasteiger partial charge in [0.15, 0.2) is 6.10 Å². The first-order valence-corrected chi connectivity index (χ1v) is 33.8. The van der Waals surface area contributed by atoms with Crippen LogP contribution < -0.4 is 0 Å². The molecule has 0 spiro atoms. The molecule has 6 heteroatoms. The van der Waals surface area contributed by atoms with Crippen LogP contribution in [-0.4, -0.2) is 37.2 Å². The molecule has 77 heavy (non-hydrogen) atoms. The lowest BCUT2D eigenvalue weighted by molar-refractivity contribution is -0.167. The molecule has 0 aromatic carbocycles. The highest BCUT2D eigenvalue weighted by atomic mass is 16.6. The third-order valence-corrected chi connectivity index (χ3v) is 15.0. The van der Waals surface area contributed by atoms with Crippen molar-refractivity contribution in [2.24, 2.45) is 0 Å². The Hall–Kier alpha value is -2.89. The molecule has 0 aromatic heterocycles. The molecule has 0 rings (SSSR count). The molecule has 0 bridgehead atoms. The third-order valence-electron chi connectivity index (χ3n) is 15.0. The molecule has 0 fully saturated rings. The number of allylic oxidation sites excluding steroid dienone is 10. The van der Waals surface area contributed by atoms with Gasteiger partial charge in [0.25, 0.3) is 0 Å². The number of ether oxygens (including phenoxy) is 3. The summed E-state index contributed by atoms with van der Waals surface area (Å²) in [6, 6.07) is 0. The Kier molecular flexibility index (Phi) is 63.2. The second kappa shape index (κ2) is 65.6. The lowest BCUT2D eigenvalue weighted by atomic mass is 10.0. The Balaban J connectivity index is 4.09. The summed E-state index contributed by atoms with van der Waals surface area (Å²) in [5.74, 6) is -0.875. The van der Waals surface area contributed by atoms with E-state index in [4.69, 9.17) is 14.2 Å². The van der Waals surface area contributed by atoms with Gasteiger partial charge in [-0.05, 0) is 83.5 Å². The smallest absolute Gasteiger partial charge is 0.306 e. The van der Waals surface area contributed by atoms with Crippen LogP contribution in [0.4, 0.5) is 0 Å². The zero-order chi connectivity index (χ0) is 55.7. The van der Waals surface area contributed by atoms with Crippen molar-refractivity contribution in [1.29, 1.82) is 0 Å². The molecule has 0 aliphatic carbocycles. The predicted octanol–water partition coefficient (Wildman–Crippen LogP) is 23.1. The number of carbonyl (C=O) groups excluding carboxylic acids is 3. The van der Waals surface area contributed by atoms with Gasteiger partial charge in [-0.2, -0.15) is 0 Å². The summed E-state index contributed by atoms with van der Waals surface area (Å²) in [5.41, 5.74) is 0. The number of hydrogen-bond acceptors (Lipinski definition) is 6. The van der Waals surface area contributed by atoms with Gasteiger partial charge in [-0.3, -0.25) is 14.4 Å². The van der Waals surface area contributed by atoms with E-state index in [1.165, 1.54) is 218 Å². The number of hydrogen-bond donors (Lipinski definition) is 0. The standard InChI is InChI=1S/C71H128O6/c1-4-7-10-13-16-19-21-23-25-27-29-30-31-32-33-34-35-36-37-38-39-40-42-43-45-47-49-52-55-58-61-64-70(73)76-67-68(66-75-69(72)63-60-57-54-51-18-15-12-9-6-3)77-71(74)65-62-59-56-53-50-48-46-44-41-28-26-24-22-20-17-14-11-8-5-2/h8,11,17,20,24,26-27,29,41,44,68H,4-7,9-10,12-16,18-19,21-23,25,28,30-40,42-43,45-67H2,1-3H3/b11-8-,20-17-,26-24-,29-27-,44-41-. The number of rotatable bonds is 62. The molecule has 0 aliphatic heterocycles. The van der Waals surface area contributed by atoms with E-state index < -0.39 is 6.10 Å². The van der Waals surface area contributed by atoms with E-state index in [1.807, 2.05) is 0 Å². The topological polar surface area (TPSA) is 78.9 Å². The zero-order valence-corrected chi connectivity index (χ0v) is 51.5. The van der Waals surface area contributed by atoms with Gasteiger partial charge in [0.1, 0.15) is 13.2 Å². The van der Waals surface area contributed by atoms with Gasteiger partial charge in [-0.15, -0.1) is 0 Å². The fourth-order valence-corrected chi connectivity index (χ4v) is 9.96. The average molecular weight is 1080 g/mol. The molecule has 0 aliphatic rings. The maximum Gasteiger partial charge on any atom is 0.306 e. The van der Waals surface area contributed by atoms with Crippen molar-refractivity contribution in [3.8, 4) is 0 Å². The first-order chi connectivity index (χ1) is 38.0. The maximum atomic E-state index is 12.9. The van der Waals surface area contributed by atoms with Crippen LogP contribution in [0, 0.1) is 0 Å². The Labute approximate surface area is 479 Å². The van der Waals surface area contributed by atoms with Gasteiger partial charge >= 0.3 is 17.9 Å². The molecule has 1 unspecified atom stereocenters. The third kappa shape index (κ3) is 63.8. The minimum atomic E-state index is -0.779. The Bertz CT molecular complexity index is 1380. The molecule has 448 valence electrons. The van der Waals surface area contributed by atoms with Crippen LogP contribution in [0.25, 0.3) is 0 Å². The van der Waals surface area contributed by atoms with Crippen LogP contribution >= 0.6 is 0 Å². The second-order valence-electron chi connectivity index (χ2n) is 22.7. The first-order valence-electron chi connectivity index (χ1n) is 33.8. The molecule has 0 heterocycles. The summed E-state index contributed by atoms with van der Waals surface area (Å²) >= 11 is 0. The van der Waals surface area contributed by atoms with E-state index >= 15 is 0 Å². The van der Waals surface area contributed by atoms with E-state index in [9.17, 15) is 14.4 Å². The Morgan fingerprint density at radius 1 is 0.273 bits per heavy atom. The molecular formula is C71H128O6. The van der Waals surface area contributed by atoms with Crippen molar-refractivity contribution in [1.82, 2.24) is 0 Å². The van der Waals surface area contributed by atoms with E-state index in [0.717, 1.165) is 96.3 Å². The lowest BCUT2D eigenvalue weighted by Gasteiger charge is -2.18. The number of carbonyl (C=O) groups is 3. The molecule has 0 saturated heterocycles. The van der Waals surface area contributed by atoms with Crippen LogP contribution in [0.1, 0.15) is 355 Å². The summed E-state index contributed by atoms with van der Waals surface area (Å²) < 4.78 is 16.9. The minimum absolute atomic E-state index is 0.0762. The van der Waals surface area contributed by atoms with Crippen molar-refractivity contribution >= 4 is 17.9 Å². The highest BCUT2D eigenvalue weighted by molar-refractivity contribution is 5.71. The van der Waals surface area contributed by atoms with Crippen molar-refractivity contribution in [3.63, 3.8) is 0 Å². The van der Waals surface area contributed by atoms with Crippen LogP contribution in [0.3, 0.4) is 0 Å². The van der Waals surface area contributed by atoms with Gasteiger partial charge in [0, 0.05) is 19.3 Å². The maximum absolute atomic E-state index is 12.9. The Morgan fingerprint density at radius 2 is 0.506 bits per heavy atom. The highest BCUT2D eigenvalue weighted by Gasteiger charge is 2.19. The van der Waals surface area contributed by atoms with E-state index in [1.54, 1.807) is 0 Å². The second-order valence-corrected chi connectivity index (χ2v) is 22.7. The fraction of sp³-hybridized carbons (Fsp3) is 0.817. The van der Waals surface area contributed by atoms with Crippen LogP contribution in [0.15, 0.2) is 60.8 Å². The minimum Gasteiger partial charge on any atom is -0.462 e. The van der Waals surface area contributed by atoms with Gasteiger partial charge in [-0.1, -0.05) is 313 Å². The van der Waals surface area contributed by atoms with Crippen molar-refractivity contribution in [3.05, 3.63) is 60.8 Å². The summed E-state index contributed by atoms with van der Waals surface area (Å²) in [4.78, 5) is 38.2. The SMILES string of the molecule is CC/C=C\C/C=C\C/C=C\C/C=C\CCCCCCCCC(=O)OC(COC(=O)CCCCCCCCCCC)COC(=O)CCCCCCCCCCCCCCCCCCCCC/C=C\CCCCCCCCCC. The zero-order valence-electron chi connectivity index (χ0n) is 51.5. The predicted molar refractivity (Wildman–Crippen MR) is 335 cm³/mol. The molecule has 0 amide bonds. The number of unbranched alkanes of at least 4 members (excludes halogenated alkanes) is 41. The van der Waals surface area contributed by atoms with Crippen LogP contribution in [0.5, 0.6) is 0 Å². The normalized spacial score (nSPS) is 12.4. The lowest BCUT2D eigenvalue weighted by Crippen LogP contribution is -2.30. The fourth-order valence-electron chi connectivity index (χ4n) is 9.96. The first kappa shape index (κ1) is 74.1.